The van der Waals surface area contributed by atoms with Crippen LogP contribution in [0.3, 0.4) is 0 Å². The number of rotatable bonds is 2. The summed E-state index contributed by atoms with van der Waals surface area (Å²) >= 11 is 0. The van der Waals surface area contributed by atoms with Gasteiger partial charge >= 0.3 is 0 Å². The van der Waals surface area contributed by atoms with E-state index in [0.717, 1.165) is 42.4 Å². The third-order valence-electron chi connectivity index (χ3n) is 9.28. The summed E-state index contributed by atoms with van der Waals surface area (Å²) in [6.07, 6.45) is 17.4. The van der Waals surface area contributed by atoms with Crippen molar-refractivity contribution in [3.8, 4) is 0 Å². The molecular weight excluding hydrogens is 304 g/mol. The zero-order valence-electron chi connectivity index (χ0n) is 16.8. The number of fused-ring (bicyclic) bond motifs is 5. The molecule has 0 bridgehead atoms. The molecule has 0 aromatic carbocycles. The summed E-state index contributed by atoms with van der Waals surface area (Å²) < 4.78 is 0. The van der Waals surface area contributed by atoms with E-state index >= 15 is 0 Å². The summed E-state index contributed by atoms with van der Waals surface area (Å²) in [6, 6.07) is 0. The molecule has 0 aromatic rings. The number of allylic oxidation sites excluding steroid dienone is 3. The molecule has 1 heteroatoms. The Kier molecular flexibility index (Phi) is 4.46. The third kappa shape index (κ3) is 2.59. The molecule has 0 amide bonds. The van der Waals surface area contributed by atoms with Crippen LogP contribution in [0.25, 0.3) is 0 Å². The van der Waals surface area contributed by atoms with E-state index in [9.17, 15) is 5.11 Å². The number of aliphatic hydroxyl groups is 1. The van der Waals surface area contributed by atoms with Crippen LogP contribution in [-0.2, 0) is 0 Å². The van der Waals surface area contributed by atoms with Crippen molar-refractivity contribution >= 4 is 0 Å². The van der Waals surface area contributed by atoms with Gasteiger partial charge in [0.15, 0.2) is 0 Å². The minimum atomic E-state index is -0.0812. The Balaban J connectivity index is 1.62. The molecule has 1 nitrogen and oxygen atoms in total. The first-order valence-electron chi connectivity index (χ1n) is 10.9. The topological polar surface area (TPSA) is 20.2 Å². The Hall–Kier alpha value is -0.560. The summed E-state index contributed by atoms with van der Waals surface area (Å²) in [4.78, 5) is 0. The Morgan fingerprint density at radius 3 is 2.68 bits per heavy atom. The molecule has 0 aromatic heterocycles. The van der Waals surface area contributed by atoms with Gasteiger partial charge in [-0.25, -0.2) is 0 Å². The van der Waals surface area contributed by atoms with Gasteiger partial charge in [-0.05, 0) is 98.7 Å². The fourth-order valence-electron chi connectivity index (χ4n) is 7.98. The van der Waals surface area contributed by atoms with Crippen LogP contribution in [0.15, 0.2) is 23.8 Å². The van der Waals surface area contributed by atoms with Gasteiger partial charge in [0.25, 0.3) is 0 Å². The summed E-state index contributed by atoms with van der Waals surface area (Å²) in [5, 5.41) is 10.1. The van der Waals surface area contributed by atoms with Gasteiger partial charge in [0, 0.05) is 0 Å². The van der Waals surface area contributed by atoms with Crippen molar-refractivity contribution in [2.75, 3.05) is 0 Å². The highest BCUT2D eigenvalue weighted by atomic mass is 16.3. The number of hydrogen-bond acceptors (Lipinski definition) is 1. The van der Waals surface area contributed by atoms with Gasteiger partial charge in [-0.15, -0.1) is 0 Å². The van der Waals surface area contributed by atoms with Gasteiger partial charge in [0.1, 0.15) is 0 Å². The lowest BCUT2D eigenvalue weighted by Crippen LogP contribution is -2.50. The van der Waals surface area contributed by atoms with E-state index in [0.29, 0.717) is 10.8 Å². The molecule has 0 spiro atoms. The number of hydrogen-bond donors (Lipinski definition) is 1. The third-order valence-corrected chi connectivity index (χ3v) is 9.28. The minimum absolute atomic E-state index is 0.0812. The molecule has 0 saturated heterocycles. The van der Waals surface area contributed by atoms with Crippen LogP contribution in [-0.4, -0.2) is 11.2 Å². The lowest BCUT2D eigenvalue weighted by Gasteiger charge is -2.58. The molecule has 0 heterocycles. The van der Waals surface area contributed by atoms with Gasteiger partial charge in [-0.3, -0.25) is 0 Å². The standard InChI is InChI=1S/C24H38O/c1-5-6-16(2)20-9-10-21-19-8-7-17-15-18(25)11-13-23(17,3)22(19)12-14-24(20,21)4/h5-7,16,18-22,25H,8-15H2,1-4H3/b6-5+/t16-,18+,19+,20-,21+,22+,23+,24-/m1/s1. The molecule has 140 valence electrons. The van der Waals surface area contributed by atoms with E-state index < -0.39 is 0 Å². The van der Waals surface area contributed by atoms with Crippen molar-refractivity contribution in [2.24, 2.45) is 40.4 Å². The highest BCUT2D eigenvalue weighted by Gasteiger charge is 2.58. The highest BCUT2D eigenvalue weighted by Crippen LogP contribution is 2.67. The van der Waals surface area contributed by atoms with Crippen molar-refractivity contribution in [1.82, 2.24) is 0 Å². The maximum atomic E-state index is 10.1. The molecule has 0 unspecified atom stereocenters. The molecule has 4 rings (SSSR count). The molecule has 3 saturated carbocycles. The first-order valence-corrected chi connectivity index (χ1v) is 10.9. The maximum absolute atomic E-state index is 10.1. The smallest absolute Gasteiger partial charge is 0.0577 e. The van der Waals surface area contributed by atoms with Crippen LogP contribution in [0.4, 0.5) is 0 Å². The monoisotopic (exact) mass is 342 g/mol. The fraction of sp³-hybridized carbons (Fsp3) is 0.833. The Bertz CT molecular complexity index is 575. The Morgan fingerprint density at radius 1 is 1.12 bits per heavy atom. The van der Waals surface area contributed by atoms with E-state index in [-0.39, 0.29) is 6.10 Å². The first kappa shape index (κ1) is 17.8. The van der Waals surface area contributed by atoms with Crippen molar-refractivity contribution < 1.29 is 5.11 Å². The van der Waals surface area contributed by atoms with Crippen molar-refractivity contribution in [2.45, 2.75) is 85.2 Å². The van der Waals surface area contributed by atoms with Crippen molar-refractivity contribution in [3.05, 3.63) is 23.8 Å². The molecule has 8 atom stereocenters. The van der Waals surface area contributed by atoms with Gasteiger partial charge in [0.05, 0.1) is 6.10 Å². The SMILES string of the molecule is C/C=C/[C@@H](C)[C@H]1CC[C@H]2[C@@H]3CC=C4C[C@@H](O)CC[C@]4(C)[C@H]3CC[C@]12C. The van der Waals surface area contributed by atoms with Crippen LogP contribution in [0.1, 0.15) is 79.1 Å². The summed E-state index contributed by atoms with van der Waals surface area (Å²) in [7, 11) is 0. The second-order valence-electron chi connectivity index (χ2n) is 10.3. The molecule has 1 N–H and O–H groups in total. The summed E-state index contributed by atoms with van der Waals surface area (Å²) in [5.74, 6) is 4.29. The van der Waals surface area contributed by atoms with Crippen LogP contribution in [0.2, 0.25) is 0 Å². The molecule has 0 aliphatic heterocycles. The average molecular weight is 343 g/mol. The largest absolute Gasteiger partial charge is 0.393 e. The van der Waals surface area contributed by atoms with Crippen LogP contribution in [0, 0.1) is 40.4 Å². The average Bonchev–Trinajstić information content (AvgIpc) is 2.93. The molecule has 4 aliphatic rings. The quantitative estimate of drug-likeness (QED) is 0.598. The zero-order valence-corrected chi connectivity index (χ0v) is 16.8. The van der Waals surface area contributed by atoms with Gasteiger partial charge < -0.3 is 5.11 Å². The first-order chi connectivity index (χ1) is 11.9. The Morgan fingerprint density at radius 2 is 1.92 bits per heavy atom. The Labute approximate surface area is 155 Å². The van der Waals surface area contributed by atoms with Crippen molar-refractivity contribution in [3.63, 3.8) is 0 Å². The van der Waals surface area contributed by atoms with Crippen LogP contribution >= 0.6 is 0 Å². The normalized spacial score (nSPS) is 50.8. The van der Waals surface area contributed by atoms with E-state index in [1.165, 1.54) is 38.5 Å². The van der Waals surface area contributed by atoms with Gasteiger partial charge in [0.2, 0.25) is 0 Å². The second-order valence-corrected chi connectivity index (χ2v) is 10.3. The summed E-state index contributed by atoms with van der Waals surface area (Å²) in [5.41, 5.74) is 2.54. The van der Waals surface area contributed by atoms with E-state index in [1.54, 1.807) is 5.57 Å². The molecular formula is C24H38O. The second kappa shape index (κ2) is 6.25. The molecule has 0 radical (unpaired) electrons. The fourth-order valence-corrected chi connectivity index (χ4v) is 7.98. The molecule has 4 aliphatic carbocycles. The maximum Gasteiger partial charge on any atom is 0.0577 e. The zero-order chi connectivity index (χ0) is 17.8. The van der Waals surface area contributed by atoms with Crippen LogP contribution in [0.5, 0.6) is 0 Å². The van der Waals surface area contributed by atoms with Crippen molar-refractivity contribution in [1.29, 1.82) is 0 Å². The lowest BCUT2D eigenvalue weighted by molar-refractivity contribution is -0.0540. The highest BCUT2D eigenvalue weighted by molar-refractivity contribution is 5.25. The molecule has 3 fully saturated rings. The molecule has 25 heavy (non-hydrogen) atoms. The van der Waals surface area contributed by atoms with Crippen LogP contribution < -0.4 is 0 Å². The predicted molar refractivity (Wildman–Crippen MR) is 105 cm³/mol. The minimum Gasteiger partial charge on any atom is -0.393 e. The van der Waals surface area contributed by atoms with E-state index in [1.807, 2.05) is 0 Å². The predicted octanol–water partition coefficient (Wildman–Crippen LogP) is 6.14. The van der Waals surface area contributed by atoms with E-state index in [4.69, 9.17) is 0 Å². The lowest BCUT2D eigenvalue weighted by atomic mass is 9.47. The van der Waals surface area contributed by atoms with Gasteiger partial charge in [-0.2, -0.15) is 0 Å². The van der Waals surface area contributed by atoms with Gasteiger partial charge in [-0.1, -0.05) is 44.6 Å². The van der Waals surface area contributed by atoms with E-state index in [2.05, 4.69) is 45.9 Å². The number of aliphatic hydroxyl groups excluding tert-OH is 1. The summed E-state index contributed by atoms with van der Waals surface area (Å²) in [6.45, 7) is 9.80.